The van der Waals surface area contributed by atoms with Crippen molar-refractivity contribution in [1.29, 1.82) is 0 Å². The number of methoxy groups -OCH3 is 2. The van der Waals surface area contributed by atoms with Gasteiger partial charge in [0.15, 0.2) is 0 Å². The summed E-state index contributed by atoms with van der Waals surface area (Å²) in [6.45, 7) is 0. The van der Waals surface area contributed by atoms with E-state index in [2.05, 4.69) is 4.90 Å². The van der Waals surface area contributed by atoms with Crippen LogP contribution in [0.5, 0.6) is 11.5 Å². The van der Waals surface area contributed by atoms with Gasteiger partial charge in [0.05, 0.1) is 14.2 Å². The Kier molecular flexibility index (Phi) is 4.89. The van der Waals surface area contributed by atoms with Gasteiger partial charge < -0.3 is 14.4 Å². The molecule has 0 saturated heterocycles. The normalized spacial score (nSPS) is 18.3. The third-order valence-electron chi connectivity index (χ3n) is 4.70. The molecule has 0 radical (unpaired) electrons. The van der Waals surface area contributed by atoms with Crippen molar-refractivity contribution in [2.24, 2.45) is 0 Å². The Labute approximate surface area is 138 Å². The maximum Gasteiger partial charge on any atom is 0.247 e. The van der Waals surface area contributed by atoms with Crippen LogP contribution in [-0.2, 0) is 4.79 Å². The minimum absolute atomic E-state index is 0.140. The fourth-order valence-corrected chi connectivity index (χ4v) is 3.37. The van der Waals surface area contributed by atoms with E-state index in [1.165, 1.54) is 12.8 Å². The second-order valence-electron chi connectivity index (χ2n) is 6.39. The molecule has 1 amide bonds. The summed E-state index contributed by atoms with van der Waals surface area (Å²) in [7, 11) is 3.25. The zero-order chi connectivity index (χ0) is 16.2. The summed E-state index contributed by atoms with van der Waals surface area (Å²) in [5, 5.41) is 0. The van der Waals surface area contributed by atoms with Gasteiger partial charge in [0.2, 0.25) is 5.91 Å². The molecule has 23 heavy (non-hydrogen) atoms. The maximum atomic E-state index is 12.7. The lowest BCUT2D eigenvalue weighted by Gasteiger charge is -2.28. The van der Waals surface area contributed by atoms with Gasteiger partial charge in [-0.05, 0) is 49.5 Å². The second kappa shape index (κ2) is 7.07. The number of rotatable bonds is 6. The van der Waals surface area contributed by atoms with Gasteiger partial charge in [-0.3, -0.25) is 4.79 Å². The van der Waals surface area contributed by atoms with Gasteiger partial charge in [-0.25, -0.2) is 0 Å². The van der Waals surface area contributed by atoms with Crippen LogP contribution in [0.15, 0.2) is 24.3 Å². The van der Waals surface area contributed by atoms with Crippen LogP contribution in [0.1, 0.15) is 44.1 Å². The summed E-state index contributed by atoms with van der Waals surface area (Å²) in [4.78, 5) is 14.8. The fourth-order valence-electron chi connectivity index (χ4n) is 3.37. The molecule has 2 aliphatic rings. The summed E-state index contributed by atoms with van der Waals surface area (Å²) in [6, 6.07) is 6.55. The number of nitrogens with zero attached hydrogens (tertiary/aromatic N) is 1. The Morgan fingerprint density at radius 3 is 2.09 bits per heavy atom. The van der Waals surface area contributed by atoms with Crippen LogP contribution in [0.4, 0.5) is 0 Å². The smallest absolute Gasteiger partial charge is 0.247 e. The van der Waals surface area contributed by atoms with Crippen molar-refractivity contribution in [3.8, 4) is 11.5 Å². The van der Waals surface area contributed by atoms with Gasteiger partial charge in [-0.2, -0.15) is 0 Å². The van der Waals surface area contributed by atoms with Gasteiger partial charge >= 0.3 is 0 Å². The Balaban J connectivity index is 1.74. The SMILES string of the molecule is COc1cc(/C=C/C(=O)N(C2CCCC2)C2CC2)cc(OC)c1. The summed E-state index contributed by atoms with van der Waals surface area (Å²) in [6.07, 6.45) is 10.7. The van der Waals surface area contributed by atoms with E-state index in [-0.39, 0.29) is 5.91 Å². The summed E-state index contributed by atoms with van der Waals surface area (Å²) in [5.41, 5.74) is 0.914. The minimum Gasteiger partial charge on any atom is -0.497 e. The van der Waals surface area contributed by atoms with Crippen molar-refractivity contribution >= 4 is 12.0 Å². The van der Waals surface area contributed by atoms with Crippen molar-refractivity contribution in [2.75, 3.05) is 14.2 Å². The number of ether oxygens (including phenoxy) is 2. The van der Waals surface area contributed by atoms with Crippen molar-refractivity contribution in [3.05, 3.63) is 29.8 Å². The molecule has 0 spiro atoms. The van der Waals surface area contributed by atoms with Crippen molar-refractivity contribution in [3.63, 3.8) is 0 Å². The molecule has 0 atom stereocenters. The monoisotopic (exact) mass is 315 g/mol. The number of amides is 1. The van der Waals surface area contributed by atoms with Gasteiger partial charge in [0.1, 0.15) is 11.5 Å². The van der Waals surface area contributed by atoms with Crippen LogP contribution in [0.2, 0.25) is 0 Å². The third-order valence-corrected chi connectivity index (χ3v) is 4.70. The highest BCUT2D eigenvalue weighted by molar-refractivity contribution is 5.92. The highest BCUT2D eigenvalue weighted by Gasteiger charge is 2.37. The molecule has 4 heteroatoms. The molecule has 124 valence electrons. The van der Waals surface area contributed by atoms with E-state index in [1.54, 1.807) is 20.3 Å². The predicted molar refractivity (Wildman–Crippen MR) is 90.7 cm³/mol. The van der Waals surface area contributed by atoms with Crippen LogP contribution < -0.4 is 9.47 Å². The molecule has 0 heterocycles. The average molecular weight is 315 g/mol. The molecule has 0 N–H and O–H groups in total. The van der Waals surface area contributed by atoms with E-state index >= 15 is 0 Å². The van der Waals surface area contributed by atoms with E-state index in [1.807, 2.05) is 24.3 Å². The highest BCUT2D eigenvalue weighted by Crippen LogP contribution is 2.34. The van der Waals surface area contributed by atoms with E-state index < -0.39 is 0 Å². The van der Waals surface area contributed by atoms with Gasteiger partial charge in [-0.1, -0.05) is 12.8 Å². The van der Waals surface area contributed by atoms with E-state index in [0.717, 1.165) is 42.7 Å². The Hall–Kier alpha value is -1.97. The lowest BCUT2D eigenvalue weighted by Crippen LogP contribution is -2.39. The molecule has 1 aromatic rings. The largest absolute Gasteiger partial charge is 0.497 e. The second-order valence-corrected chi connectivity index (χ2v) is 6.39. The lowest BCUT2D eigenvalue weighted by molar-refractivity contribution is -0.128. The van der Waals surface area contributed by atoms with E-state index in [9.17, 15) is 4.79 Å². The number of carbonyl (C=O) groups excluding carboxylic acids is 1. The molecule has 3 rings (SSSR count). The summed E-state index contributed by atoms with van der Waals surface area (Å²) in [5.74, 6) is 1.60. The number of hydrogen-bond donors (Lipinski definition) is 0. The Bertz CT molecular complexity index is 564. The summed E-state index contributed by atoms with van der Waals surface area (Å²) >= 11 is 0. The van der Waals surface area contributed by atoms with E-state index in [4.69, 9.17) is 9.47 Å². The van der Waals surface area contributed by atoms with Crippen LogP contribution >= 0.6 is 0 Å². The zero-order valence-electron chi connectivity index (χ0n) is 14.0. The molecule has 4 nitrogen and oxygen atoms in total. The number of hydrogen-bond acceptors (Lipinski definition) is 3. The van der Waals surface area contributed by atoms with Crippen molar-refractivity contribution in [1.82, 2.24) is 4.90 Å². The number of benzene rings is 1. The van der Waals surface area contributed by atoms with E-state index in [0.29, 0.717) is 12.1 Å². The molecular weight excluding hydrogens is 290 g/mol. The predicted octanol–water partition coefficient (Wildman–Crippen LogP) is 3.65. The standard InChI is InChI=1S/C19H25NO3/c1-22-17-11-14(12-18(13-17)23-2)7-10-19(21)20(16-8-9-16)15-5-3-4-6-15/h7,10-13,15-16H,3-6,8-9H2,1-2H3/b10-7+. The summed E-state index contributed by atoms with van der Waals surface area (Å²) < 4.78 is 10.5. The Morgan fingerprint density at radius 2 is 1.57 bits per heavy atom. The average Bonchev–Trinajstić information content (AvgIpc) is 3.26. The molecule has 1 aromatic carbocycles. The zero-order valence-corrected chi connectivity index (χ0v) is 14.0. The molecule has 2 saturated carbocycles. The first-order valence-electron chi connectivity index (χ1n) is 8.44. The van der Waals surface area contributed by atoms with Crippen LogP contribution in [0.25, 0.3) is 6.08 Å². The molecule has 2 aliphatic carbocycles. The lowest BCUT2D eigenvalue weighted by atomic mass is 10.1. The van der Waals surface area contributed by atoms with Crippen LogP contribution in [-0.4, -0.2) is 37.1 Å². The van der Waals surface area contributed by atoms with Crippen LogP contribution in [0.3, 0.4) is 0 Å². The fraction of sp³-hybridized carbons (Fsp3) is 0.526. The quantitative estimate of drug-likeness (QED) is 0.752. The van der Waals surface area contributed by atoms with Crippen LogP contribution in [0, 0.1) is 0 Å². The number of carbonyl (C=O) groups is 1. The minimum atomic E-state index is 0.140. The van der Waals surface area contributed by atoms with Gasteiger partial charge in [-0.15, -0.1) is 0 Å². The topological polar surface area (TPSA) is 38.8 Å². The molecular formula is C19H25NO3. The molecule has 0 bridgehead atoms. The van der Waals surface area contributed by atoms with Crippen molar-refractivity contribution < 1.29 is 14.3 Å². The molecule has 0 unspecified atom stereocenters. The molecule has 0 aromatic heterocycles. The van der Waals surface area contributed by atoms with Gasteiger partial charge in [0, 0.05) is 24.2 Å². The highest BCUT2D eigenvalue weighted by atomic mass is 16.5. The maximum absolute atomic E-state index is 12.7. The first-order valence-corrected chi connectivity index (χ1v) is 8.44. The molecule has 2 fully saturated rings. The first-order chi connectivity index (χ1) is 11.2. The Morgan fingerprint density at radius 1 is 1.00 bits per heavy atom. The van der Waals surface area contributed by atoms with Gasteiger partial charge in [0.25, 0.3) is 0 Å². The molecule has 0 aliphatic heterocycles. The third kappa shape index (κ3) is 3.87. The van der Waals surface area contributed by atoms with Crippen molar-refractivity contribution in [2.45, 2.75) is 50.6 Å². The first kappa shape index (κ1) is 15.9.